The molecule has 0 aliphatic heterocycles. The lowest BCUT2D eigenvalue weighted by Crippen LogP contribution is -2.01. The molecule has 0 aliphatic carbocycles. The number of allylic oxidation sites excluding steroid dienone is 1. The lowest BCUT2D eigenvalue weighted by atomic mass is 10.1. The number of ether oxygens (including phenoxy) is 2. The van der Waals surface area contributed by atoms with Crippen LogP contribution in [0.25, 0.3) is 6.08 Å². The molecule has 1 aromatic carbocycles. The maximum atomic E-state index is 6.17. The lowest BCUT2D eigenvalue weighted by Gasteiger charge is -2.12. The molecule has 98 valence electrons. The highest BCUT2D eigenvalue weighted by molar-refractivity contribution is 6.32. The third kappa shape index (κ3) is 4.62. The summed E-state index contributed by atoms with van der Waals surface area (Å²) in [5.41, 5.74) is 0.923. The maximum absolute atomic E-state index is 6.17. The third-order valence-corrected chi connectivity index (χ3v) is 2.47. The molecule has 19 heavy (non-hydrogen) atoms. The van der Waals surface area contributed by atoms with Crippen molar-refractivity contribution in [3.05, 3.63) is 28.8 Å². The molecule has 2 nitrogen and oxygen atoms in total. The largest absolute Gasteiger partial charge is 0.477 e. The van der Waals surface area contributed by atoms with E-state index in [-0.39, 0.29) is 13.2 Å². The molecule has 0 saturated heterocycles. The minimum absolute atomic E-state index is 0.121. The minimum atomic E-state index is 0.121. The monoisotopic (exact) mass is 274 g/mol. The Hall–Kier alpha value is -2.03. The molecular weight excluding hydrogens is 260 g/mol. The van der Waals surface area contributed by atoms with Gasteiger partial charge in [-0.3, -0.25) is 0 Å². The Morgan fingerprint density at radius 3 is 2.53 bits per heavy atom. The van der Waals surface area contributed by atoms with Gasteiger partial charge in [-0.05, 0) is 24.1 Å². The zero-order valence-electron chi connectivity index (χ0n) is 10.8. The summed E-state index contributed by atoms with van der Waals surface area (Å²) in [6.45, 7) is 2.32. The van der Waals surface area contributed by atoms with E-state index in [0.717, 1.165) is 12.0 Å². The highest BCUT2D eigenvalue weighted by atomic mass is 35.5. The van der Waals surface area contributed by atoms with E-state index in [1.807, 2.05) is 18.2 Å². The summed E-state index contributed by atoms with van der Waals surface area (Å²) in [6.07, 6.45) is 15.3. The summed E-state index contributed by atoms with van der Waals surface area (Å²) in [5, 5.41) is 0.445. The highest BCUT2D eigenvalue weighted by Gasteiger charge is 2.11. The second-order valence-electron chi connectivity index (χ2n) is 3.63. The van der Waals surface area contributed by atoms with Crippen LogP contribution in [0, 0.1) is 24.7 Å². The van der Waals surface area contributed by atoms with E-state index in [0.29, 0.717) is 16.5 Å². The number of rotatable bonds is 6. The second-order valence-corrected chi connectivity index (χ2v) is 4.03. The SMILES string of the molecule is C#CCOc1cc(/C=C/CC)cc(Cl)c1OCC#C. The Labute approximate surface area is 119 Å². The third-order valence-electron chi connectivity index (χ3n) is 2.19. The summed E-state index contributed by atoms with van der Waals surface area (Å²) < 4.78 is 10.8. The second kappa shape index (κ2) is 8.14. The topological polar surface area (TPSA) is 18.5 Å². The van der Waals surface area contributed by atoms with Crippen molar-refractivity contribution in [1.82, 2.24) is 0 Å². The van der Waals surface area contributed by atoms with Gasteiger partial charge in [0, 0.05) is 0 Å². The highest BCUT2D eigenvalue weighted by Crippen LogP contribution is 2.37. The van der Waals surface area contributed by atoms with Crippen molar-refractivity contribution < 1.29 is 9.47 Å². The van der Waals surface area contributed by atoms with Crippen LogP contribution in [0.5, 0.6) is 11.5 Å². The maximum Gasteiger partial charge on any atom is 0.181 e. The van der Waals surface area contributed by atoms with Crippen molar-refractivity contribution in [1.29, 1.82) is 0 Å². The fourth-order valence-corrected chi connectivity index (χ4v) is 1.69. The molecule has 0 radical (unpaired) electrons. The zero-order valence-corrected chi connectivity index (χ0v) is 11.5. The molecule has 0 unspecified atom stereocenters. The van der Waals surface area contributed by atoms with Crippen LogP contribution in [0.1, 0.15) is 18.9 Å². The number of hydrogen-bond acceptors (Lipinski definition) is 2. The average Bonchev–Trinajstić information content (AvgIpc) is 2.41. The predicted octanol–water partition coefficient (Wildman–Crippen LogP) is 3.79. The molecule has 1 rings (SSSR count). The Morgan fingerprint density at radius 2 is 1.89 bits per heavy atom. The van der Waals surface area contributed by atoms with Gasteiger partial charge in [0.05, 0.1) is 5.02 Å². The van der Waals surface area contributed by atoms with E-state index < -0.39 is 0 Å². The normalized spacial score (nSPS) is 9.89. The van der Waals surface area contributed by atoms with Gasteiger partial charge in [0.2, 0.25) is 0 Å². The summed E-state index contributed by atoms with van der Waals surface area (Å²) in [7, 11) is 0. The fraction of sp³-hybridized carbons (Fsp3) is 0.250. The van der Waals surface area contributed by atoms with E-state index >= 15 is 0 Å². The molecule has 0 aliphatic rings. The van der Waals surface area contributed by atoms with E-state index in [1.54, 1.807) is 6.07 Å². The average molecular weight is 275 g/mol. The van der Waals surface area contributed by atoms with Crippen molar-refractivity contribution in [3.63, 3.8) is 0 Å². The molecule has 0 saturated carbocycles. The molecule has 0 bridgehead atoms. The number of halogens is 1. The van der Waals surface area contributed by atoms with Gasteiger partial charge in [0.15, 0.2) is 11.5 Å². The standard InChI is InChI=1S/C16H15ClO2/c1-4-7-8-13-11-14(17)16(19-10-6-3)15(12-13)18-9-5-2/h2-3,7-8,11-12H,4,9-10H2,1H3/b8-7+. The molecule has 3 heteroatoms. The van der Waals surface area contributed by atoms with Crippen LogP contribution in [0.15, 0.2) is 18.2 Å². The molecule has 0 atom stereocenters. The number of benzene rings is 1. The van der Waals surface area contributed by atoms with Crippen LogP contribution < -0.4 is 9.47 Å². The summed E-state index contributed by atoms with van der Waals surface area (Å²) in [5.74, 6) is 5.70. The summed E-state index contributed by atoms with van der Waals surface area (Å²) in [6, 6.07) is 3.61. The summed E-state index contributed by atoms with van der Waals surface area (Å²) >= 11 is 6.17. The van der Waals surface area contributed by atoms with Gasteiger partial charge in [-0.15, -0.1) is 12.8 Å². The van der Waals surface area contributed by atoms with Gasteiger partial charge in [0.1, 0.15) is 13.2 Å². The Morgan fingerprint density at radius 1 is 1.21 bits per heavy atom. The van der Waals surface area contributed by atoms with Gasteiger partial charge in [0.25, 0.3) is 0 Å². The van der Waals surface area contributed by atoms with E-state index in [9.17, 15) is 0 Å². The molecule has 0 N–H and O–H groups in total. The van der Waals surface area contributed by atoms with Crippen LogP contribution in [0.2, 0.25) is 5.02 Å². The van der Waals surface area contributed by atoms with Gasteiger partial charge in [-0.2, -0.15) is 0 Å². The van der Waals surface area contributed by atoms with Crippen molar-refractivity contribution in [2.75, 3.05) is 13.2 Å². The fourth-order valence-electron chi connectivity index (χ4n) is 1.42. The number of terminal acetylenes is 2. The molecule has 0 heterocycles. The van der Waals surface area contributed by atoms with Crippen LogP contribution >= 0.6 is 11.6 Å². The van der Waals surface area contributed by atoms with Gasteiger partial charge < -0.3 is 9.47 Å². The molecule has 0 fully saturated rings. The lowest BCUT2D eigenvalue weighted by molar-refractivity contribution is 0.314. The van der Waals surface area contributed by atoms with Crippen molar-refractivity contribution in [2.24, 2.45) is 0 Å². The van der Waals surface area contributed by atoms with Crippen LogP contribution in [0.4, 0.5) is 0 Å². The molecule has 0 spiro atoms. The first-order chi connectivity index (χ1) is 9.22. The zero-order chi connectivity index (χ0) is 14.1. The van der Waals surface area contributed by atoms with Crippen molar-refractivity contribution in [2.45, 2.75) is 13.3 Å². The van der Waals surface area contributed by atoms with Crippen molar-refractivity contribution in [3.8, 4) is 36.2 Å². The smallest absolute Gasteiger partial charge is 0.181 e. The summed E-state index contributed by atoms with van der Waals surface area (Å²) in [4.78, 5) is 0. The first-order valence-corrected chi connectivity index (χ1v) is 6.23. The molecular formula is C16H15ClO2. The van der Waals surface area contributed by atoms with Crippen LogP contribution in [0.3, 0.4) is 0 Å². The molecule has 1 aromatic rings. The Kier molecular flexibility index (Phi) is 6.44. The first kappa shape index (κ1) is 15.0. The Bertz CT molecular complexity index is 533. The molecule has 0 amide bonds. The minimum Gasteiger partial charge on any atom is -0.477 e. The van der Waals surface area contributed by atoms with Crippen molar-refractivity contribution >= 4 is 17.7 Å². The van der Waals surface area contributed by atoms with E-state index in [1.165, 1.54) is 0 Å². The first-order valence-electron chi connectivity index (χ1n) is 5.85. The van der Waals surface area contributed by atoms with Gasteiger partial charge >= 0.3 is 0 Å². The van der Waals surface area contributed by atoms with Gasteiger partial charge in [-0.25, -0.2) is 0 Å². The van der Waals surface area contributed by atoms with E-state index in [2.05, 4.69) is 18.8 Å². The van der Waals surface area contributed by atoms with Crippen LogP contribution in [-0.4, -0.2) is 13.2 Å². The van der Waals surface area contributed by atoms with Gasteiger partial charge in [-0.1, -0.05) is 42.5 Å². The molecule has 0 aromatic heterocycles. The Balaban J connectivity index is 3.11. The predicted molar refractivity (Wildman–Crippen MR) is 79.4 cm³/mol. The quantitative estimate of drug-likeness (QED) is 0.735. The van der Waals surface area contributed by atoms with E-state index in [4.69, 9.17) is 33.9 Å². The van der Waals surface area contributed by atoms with Crippen LogP contribution in [-0.2, 0) is 0 Å². The number of hydrogen-bond donors (Lipinski definition) is 0.